The van der Waals surface area contributed by atoms with Crippen LogP contribution < -0.4 is 15.5 Å². The Morgan fingerprint density at radius 2 is 2.00 bits per heavy atom. The van der Waals surface area contributed by atoms with Gasteiger partial charge >= 0.3 is 6.03 Å². The number of carbonyl (C=O) groups excluding carboxylic acids is 1. The van der Waals surface area contributed by atoms with Crippen molar-refractivity contribution in [1.29, 1.82) is 0 Å². The maximum absolute atomic E-state index is 11.8. The van der Waals surface area contributed by atoms with Gasteiger partial charge in [0.1, 0.15) is 5.82 Å². The zero-order chi connectivity index (χ0) is 20.5. The molecular formula is C20H27N5O3S. The number of aromatic nitrogens is 2. The Balaban J connectivity index is 1.74. The van der Waals surface area contributed by atoms with Crippen molar-refractivity contribution in [3.05, 3.63) is 36.0 Å². The minimum absolute atomic E-state index is 0.0526. The largest absolute Gasteiger partial charge is 0.396 e. The van der Waals surface area contributed by atoms with Gasteiger partial charge in [0.15, 0.2) is 5.82 Å². The fourth-order valence-corrected chi connectivity index (χ4v) is 3.39. The van der Waals surface area contributed by atoms with Crippen molar-refractivity contribution >= 4 is 29.3 Å². The third kappa shape index (κ3) is 6.31. The second-order valence-electron chi connectivity index (χ2n) is 6.61. The number of aliphatic hydroxyl groups is 1. The van der Waals surface area contributed by atoms with E-state index < -0.39 is 0 Å². The lowest BCUT2D eigenvalue weighted by Crippen LogP contribution is -2.37. The normalized spacial score (nSPS) is 13.9. The first kappa shape index (κ1) is 21.4. The van der Waals surface area contributed by atoms with Gasteiger partial charge in [0, 0.05) is 49.3 Å². The van der Waals surface area contributed by atoms with Crippen molar-refractivity contribution in [1.82, 2.24) is 15.3 Å². The predicted octanol–water partition coefficient (Wildman–Crippen LogP) is 2.35. The quantitative estimate of drug-likeness (QED) is 0.567. The Morgan fingerprint density at radius 3 is 2.69 bits per heavy atom. The Morgan fingerprint density at radius 1 is 1.24 bits per heavy atom. The van der Waals surface area contributed by atoms with E-state index >= 15 is 0 Å². The predicted molar refractivity (Wildman–Crippen MR) is 116 cm³/mol. The van der Waals surface area contributed by atoms with Crippen LogP contribution in [-0.4, -0.2) is 66.8 Å². The molecule has 0 atom stereocenters. The van der Waals surface area contributed by atoms with Crippen molar-refractivity contribution in [3.8, 4) is 11.4 Å². The van der Waals surface area contributed by atoms with E-state index in [9.17, 15) is 4.79 Å². The SMILES string of the molecule is CSCc1cc(N2CCOCC2)nc(-c2ccc(NC(=O)NCCCO)cc2)n1. The lowest BCUT2D eigenvalue weighted by Gasteiger charge is -2.28. The van der Waals surface area contributed by atoms with Crippen LogP contribution >= 0.6 is 11.8 Å². The number of benzene rings is 1. The van der Waals surface area contributed by atoms with Gasteiger partial charge in [0.25, 0.3) is 0 Å². The van der Waals surface area contributed by atoms with Crippen LogP contribution in [0.5, 0.6) is 0 Å². The summed E-state index contributed by atoms with van der Waals surface area (Å²) in [5.74, 6) is 2.42. The molecular weight excluding hydrogens is 390 g/mol. The Bertz CT molecular complexity index is 797. The number of nitrogens with zero attached hydrogens (tertiary/aromatic N) is 3. The molecule has 1 aliphatic heterocycles. The Kier molecular flexibility index (Phi) is 8.09. The highest BCUT2D eigenvalue weighted by molar-refractivity contribution is 7.97. The second-order valence-corrected chi connectivity index (χ2v) is 7.47. The number of hydrogen-bond acceptors (Lipinski definition) is 7. The van der Waals surface area contributed by atoms with Gasteiger partial charge in [-0.2, -0.15) is 11.8 Å². The highest BCUT2D eigenvalue weighted by Gasteiger charge is 2.15. The van der Waals surface area contributed by atoms with Crippen LogP contribution in [0.3, 0.4) is 0 Å². The van der Waals surface area contributed by atoms with Crippen LogP contribution in [0.2, 0.25) is 0 Å². The highest BCUT2D eigenvalue weighted by Crippen LogP contribution is 2.24. The van der Waals surface area contributed by atoms with Crippen LogP contribution in [0.25, 0.3) is 11.4 Å². The number of anilines is 2. The molecule has 1 saturated heterocycles. The maximum atomic E-state index is 11.8. The van der Waals surface area contributed by atoms with Crippen molar-refractivity contribution in [2.45, 2.75) is 12.2 Å². The molecule has 1 aromatic carbocycles. The van der Waals surface area contributed by atoms with Crippen molar-refractivity contribution < 1.29 is 14.6 Å². The molecule has 8 nitrogen and oxygen atoms in total. The first-order valence-electron chi connectivity index (χ1n) is 9.65. The summed E-state index contributed by atoms with van der Waals surface area (Å²) in [4.78, 5) is 23.6. The van der Waals surface area contributed by atoms with Crippen LogP contribution in [0.4, 0.5) is 16.3 Å². The Hall–Kier alpha value is -2.36. The molecule has 2 amide bonds. The van der Waals surface area contributed by atoms with E-state index in [0.717, 1.165) is 35.9 Å². The molecule has 0 radical (unpaired) electrons. The van der Waals surface area contributed by atoms with Crippen molar-refractivity contribution in [2.24, 2.45) is 0 Å². The zero-order valence-electron chi connectivity index (χ0n) is 16.6. The first-order valence-corrected chi connectivity index (χ1v) is 11.0. The van der Waals surface area contributed by atoms with Gasteiger partial charge in [-0.15, -0.1) is 0 Å². The number of ether oxygens (including phenoxy) is 1. The number of urea groups is 1. The summed E-state index contributed by atoms with van der Waals surface area (Å²) in [5.41, 5.74) is 2.58. The van der Waals surface area contributed by atoms with Gasteiger partial charge in [-0.05, 0) is 36.9 Å². The first-order chi connectivity index (χ1) is 14.2. The minimum atomic E-state index is -0.293. The number of carbonyl (C=O) groups is 1. The molecule has 3 rings (SSSR count). The smallest absolute Gasteiger partial charge is 0.319 e. The van der Waals surface area contributed by atoms with E-state index in [1.54, 1.807) is 11.8 Å². The number of morpholine rings is 1. The van der Waals surface area contributed by atoms with Gasteiger partial charge in [0.05, 0.1) is 18.9 Å². The summed E-state index contributed by atoms with van der Waals surface area (Å²) < 4.78 is 5.45. The summed E-state index contributed by atoms with van der Waals surface area (Å²) in [6, 6.07) is 9.24. The molecule has 156 valence electrons. The van der Waals surface area contributed by atoms with Gasteiger partial charge in [-0.1, -0.05) is 0 Å². The van der Waals surface area contributed by atoms with E-state index in [1.807, 2.05) is 24.3 Å². The van der Waals surface area contributed by atoms with Crippen molar-refractivity contribution in [3.63, 3.8) is 0 Å². The second kappa shape index (κ2) is 11.0. The van der Waals surface area contributed by atoms with Crippen LogP contribution in [0, 0.1) is 0 Å². The molecule has 0 unspecified atom stereocenters. The van der Waals surface area contributed by atoms with Crippen LogP contribution in [0.1, 0.15) is 12.1 Å². The average molecular weight is 418 g/mol. The molecule has 0 saturated carbocycles. The molecule has 1 fully saturated rings. The van der Waals surface area contributed by atoms with Gasteiger partial charge < -0.3 is 25.4 Å². The summed E-state index contributed by atoms with van der Waals surface area (Å²) in [6.07, 6.45) is 2.59. The van der Waals surface area contributed by atoms with Crippen LogP contribution in [0.15, 0.2) is 30.3 Å². The van der Waals surface area contributed by atoms with Crippen LogP contribution in [-0.2, 0) is 10.5 Å². The lowest BCUT2D eigenvalue weighted by atomic mass is 10.2. The summed E-state index contributed by atoms with van der Waals surface area (Å²) in [5, 5.41) is 14.2. The molecule has 1 aromatic heterocycles. The number of amides is 2. The molecule has 1 aliphatic rings. The number of nitrogens with one attached hydrogen (secondary N) is 2. The van der Waals surface area contributed by atoms with Crippen molar-refractivity contribution in [2.75, 3.05) is 55.9 Å². The highest BCUT2D eigenvalue weighted by atomic mass is 32.2. The van der Waals surface area contributed by atoms with Gasteiger partial charge in [-0.25, -0.2) is 14.8 Å². The summed E-state index contributed by atoms with van der Waals surface area (Å²) in [7, 11) is 0. The monoisotopic (exact) mass is 417 g/mol. The van der Waals surface area contributed by atoms with E-state index in [1.165, 1.54) is 0 Å². The average Bonchev–Trinajstić information content (AvgIpc) is 2.75. The summed E-state index contributed by atoms with van der Waals surface area (Å²) >= 11 is 1.73. The number of thioether (sulfide) groups is 1. The summed E-state index contributed by atoms with van der Waals surface area (Å²) in [6.45, 7) is 3.54. The fourth-order valence-electron chi connectivity index (χ4n) is 2.95. The van der Waals surface area contributed by atoms with Gasteiger partial charge in [0.2, 0.25) is 0 Å². The van der Waals surface area contributed by atoms with Gasteiger partial charge in [-0.3, -0.25) is 0 Å². The topological polar surface area (TPSA) is 99.6 Å². The molecule has 2 aromatic rings. The van der Waals surface area contributed by atoms with E-state index in [-0.39, 0.29) is 12.6 Å². The van der Waals surface area contributed by atoms with E-state index in [4.69, 9.17) is 19.8 Å². The molecule has 9 heteroatoms. The molecule has 0 spiro atoms. The minimum Gasteiger partial charge on any atom is -0.396 e. The number of aliphatic hydroxyl groups excluding tert-OH is 1. The molecule has 0 bridgehead atoms. The maximum Gasteiger partial charge on any atom is 0.319 e. The molecule has 29 heavy (non-hydrogen) atoms. The third-order valence-electron chi connectivity index (χ3n) is 4.41. The number of hydrogen-bond donors (Lipinski definition) is 3. The molecule has 2 heterocycles. The molecule has 0 aliphatic carbocycles. The standard InChI is InChI=1S/C20H27N5O3S/c1-29-14-17-13-18(25-8-11-28-12-9-25)24-19(22-17)15-3-5-16(6-4-15)23-20(27)21-7-2-10-26/h3-6,13,26H,2,7-12,14H2,1H3,(H2,21,23,27). The third-order valence-corrected chi connectivity index (χ3v) is 5.00. The lowest BCUT2D eigenvalue weighted by molar-refractivity contribution is 0.122. The zero-order valence-corrected chi connectivity index (χ0v) is 17.4. The fraction of sp³-hybridized carbons (Fsp3) is 0.450. The Labute approximate surface area is 175 Å². The van der Waals surface area contributed by atoms with E-state index in [0.29, 0.717) is 37.7 Å². The number of rotatable bonds is 8. The van der Waals surface area contributed by atoms with E-state index in [2.05, 4.69) is 27.9 Å². The molecule has 3 N–H and O–H groups in total.